The van der Waals surface area contributed by atoms with E-state index in [9.17, 15) is 0 Å². The van der Waals surface area contributed by atoms with Gasteiger partial charge in [0.2, 0.25) is 0 Å². The predicted molar refractivity (Wildman–Crippen MR) is 78.7 cm³/mol. The highest BCUT2D eigenvalue weighted by atomic mass is 32.2. The van der Waals surface area contributed by atoms with Crippen LogP contribution < -0.4 is 5.32 Å². The van der Waals surface area contributed by atoms with E-state index in [0.717, 1.165) is 17.9 Å². The fourth-order valence-electron chi connectivity index (χ4n) is 3.81. The predicted octanol–water partition coefficient (Wildman–Crippen LogP) is 4.08. The molecule has 17 heavy (non-hydrogen) atoms. The van der Waals surface area contributed by atoms with Crippen LogP contribution in [0.4, 0.5) is 0 Å². The number of rotatable bonds is 5. The summed E-state index contributed by atoms with van der Waals surface area (Å²) in [6.07, 6.45) is 14.0. The summed E-state index contributed by atoms with van der Waals surface area (Å²) in [7, 11) is 0. The Morgan fingerprint density at radius 3 is 2.65 bits per heavy atom. The average molecular weight is 255 g/mol. The zero-order valence-electron chi connectivity index (χ0n) is 11.6. The van der Waals surface area contributed by atoms with Gasteiger partial charge in [0, 0.05) is 12.1 Å². The highest BCUT2D eigenvalue weighted by molar-refractivity contribution is 7.98. The second kappa shape index (κ2) is 7.04. The molecule has 0 radical (unpaired) electrons. The summed E-state index contributed by atoms with van der Waals surface area (Å²) in [6, 6.07) is 1.54. The first-order chi connectivity index (χ1) is 8.29. The van der Waals surface area contributed by atoms with Crippen molar-refractivity contribution in [2.75, 3.05) is 12.0 Å². The lowest BCUT2D eigenvalue weighted by atomic mass is 9.69. The van der Waals surface area contributed by atoms with E-state index in [4.69, 9.17) is 0 Å². The molecule has 4 unspecified atom stereocenters. The lowest BCUT2D eigenvalue weighted by Gasteiger charge is -2.40. The Balaban J connectivity index is 1.71. The van der Waals surface area contributed by atoms with Crippen molar-refractivity contribution in [1.82, 2.24) is 5.32 Å². The first kappa shape index (κ1) is 13.7. The third-order valence-electron chi connectivity index (χ3n) is 4.81. The quantitative estimate of drug-likeness (QED) is 0.794. The van der Waals surface area contributed by atoms with Crippen LogP contribution in [0.25, 0.3) is 0 Å². The minimum absolute atomic E-state index is 0.715. The molecule has 0 spiro atoms. The molecular weight excluding hydrogens is 226 g/mol. The molecule has 1 nitrogen and oxygen atoms in total. The molecule has 0 aromatic rings. The van der Waals surface area contributed by atoms with Gasteiger partial charge in [-0.1, -0.05) is 25.7 Å². The van der Waals surface area contributed by atoms with Crippen LogP contribution >= 0.6 is 11.8 Å². The Morgan fingerprint density at radius 1 is 1.12 bits per heavy atom. The molecule has 100 valence electrons. The maximum absolute atomic E-state index is 3.87. The van der Waals surface area contributed by atoms with Gasteiger partial charge in [-0.3, -0.25) is 0 Å². The van der Waals surface area contributed by atoms with Gasteiger partial charge in [0.1, 0.15) is 0 Å². The van der Waals surface area contributed by atoms with Gasteiger partial charge in [0.05, 0.1) is 0 Å². The van der Waals surface area contributed by atoms with Gasteiger partial charge in [0.15, 0.2) is 0 Å². The zero-order chi connectivity index (χ0) is 12.1. The van der Waals surface area contributed by atoms with Gasteiger partial charge in [-0.2, -0.15) is 11.8 Å². The van der Waals surface area contributed by atoms with E-state index in [1.54, 1.807) is 0 Å². The second-order valence-corrected chi connectivity index (χ2v) is 7.15. The van der Waals surface area contributed by atoms with Crippen molar-refractivity contribution in [3.63, 3.8) is 0 Å². The van der Waals surface area contributed by atoms with Crippen molar-refractivity contribution >= 4 is 11.8 Å². The molecule has 2 rings (SSSR count). The Morgan fingerprint density at radius 2 is 1.88 bits per heavy atom. The van der Waals surface area contributed by atoms with Gasteiger partial charge >= 0.3 is 0 Å². The minimum atomic E-state index is 0.715. The van der Waals surface area contributed by atoms with Crippen LogP contribution in [0.15, 0.2) is 0 Å². The Labute approximate surface area is 112 Å². The van der Waals surface area contributed by atoms with E-state index in [1.807, 2.05) is 11.8 Å². The lowest BCUT2D eigenvalue weighted by Crippen LogP contribution is -2.42. The van der Waals surface area contributed by atoms with Crippen LogP contribution in [0.1, 0.15) is 58.3 Å². The maximum Gasteiger partial charge on any atom is 0.00723 e. The largest absolute Gasteiger partial charge is 0.311 e. The molecule has 0 aliphatic heterocycles. The molecule has 2 aliphatic carbocycles. The second-order valence-electron chi connectivity index (χ2n) is 6.16. The van der Waals surface area contributed by atoms with E-state index in [2.05, 4.69) is 18.5 Å². The molecule has 0 aromatic carbocycles. The molecule has 0 aromatic heterocycles. The summed E-state index contributed by atoms with van der Waals surface area (Å²) in [6.45, 7) is 2.36. The summed E-state index contributed by atoms with van der Waals surface area (Å²) < 4.78 is 0. The van der Waals surface area contributed by atoms with E-state index in [-0.39, 0.29) is 0 Å². The summed E-state index contributed by atoms with van der Waals surface area (Å²) in [5.41, 5.74) is 0. The lowest BCUT2D eigenvalue weighted by molar-refractivity contribution is 0.139. The fraction of sp³-hybridized carbons (Fsp3) is 1.00. The monoisotopic (exact) mass is 255 g/mol. The fourth-order valence-corrected chi connectivity index (χ4v) is 4.39. The van der Waals surface area contributed by atoms with Crippen LogP contribution in [-0.2, 0) is 0 Å². The van der Waals surface area contributed by atoms with E-state index in [1.165, 1.54) is 57.1 Å². The number of hydrogen-bond donors (Lipinski definition) is 1. The van der Waals surface area contributed by atoms with Crippen molar-refractivity contribution in [3.05, 3.63) is 0 Å². The number of thioether (sulfide) groups is 1. The first-order valence-corrected chi connectivity index (χ1v) is 8.94. The van der Waals surface area contributed by atoms with Crippen molar-refractivity contribution < 1.29 is 0 Å². The molecule has 2 fully saturated rings. The topological polar surface area (TPSA) is 12.0 Å². The summed E-state index contributed by atoms with van der Waals surface area (Å²) in [5, 5.41) is 3.87. The molecule has 2 heteroatoms. The third kappa shape index (κ3) is 4.17. The minimum Gasteiger partial charge on any atom is -0.311 e. The number of fused-ring (bicyclic) bond motifs is 1. The summed E-state index contributed by atoms with van der Waals surface area (Å²) in [4.78, 5) is 0. The van der Waals surface area contributed by atoms with Gasteiger partial charge in [-0.05, 0) is 56.5 Å². The van der Waals surface area contributed by atoms with Crippen LogP contribution in [0, 0.1) is 11.8 Å². The summed E-state index contributed by atoms with van der Waals surface area (Å²) in [5.74, 6) is 3.44. The van der Waals surface area contributed by atoms with Crippen molar-refractivity contribution in [1.29, 1.82) is 0 Å². The van der Waals surface area contributed by atoms with Crippen molar-refractivity contribution in [2.45, 2.75) is 70.4 Å². The Bertz CT molecular complexity index is 219. The van der Waals surface area contributed by atoms with Gasteiger partial charge in [-0.25, -0.2) is 0 Å². The molecule has 2 aliphatic rings. The molecule has 0 saturated heterocycles. The van der Waals surface area contributed by atoms with Gasteiger partial charge < -0.3 is 5.32 Å². The molecule has 2 saturated carbocycles. The highest BCUT2D eigenvalue weighted by Crippen LogP contribution is 2.40. The molecule has 0 bridgehead atoms. The van der Waals surface area contributed by atoms with E-state index in [0.29, 0.717) is 6.04 Å². The van der Waals surface area contributed by atoms with Crippen molar-refractivity contribution in [2.24, 2.45) is 11.8 Å². The van der Waals surface area contributed by atoms with Crippen LogP contribution in [0.5, 0.6) is 0 Å². The van der Waals surface area contributed by atoms with E-state index < -0.39 is 0 Å². The zero-order valence-corrected chi connectivity index (χ0v) is 12.4. The highest BCUT2D eigenvalue weighted by Gasteiger charge is 2.32. The normalized spacial score (nSPS) is 35.3. The molecular formula is C15H29NS. The molecule has 1 N–H and O–H groups in total. The van der Waals surface area contributed by atoms with Crippen molar-refractivity contribution in [3.8, 4) is 0 Å². The maximum atomic E-state index is 3.87. The standard InChI is InChI=1S/C15H29NS/c1-12(9-10-17-2)16-15-8-7-13-5-3-4-6-14(13)11-15/h12-16H,3-11H2,1-2H3. The SMILES string of the molecule is CSCCC(C)NC1CCC2CCCCC2C1. The first-order valence-electron chi connectivity index (χ1n) is 7.54. The molecule has 0 amide bonds. The van der Waals surface area contributed by atoms with Crippen LogP contribution in [0.2, 0.25) is 0 Å². The number of hydrogen-bond acceptors (Lipinski definition) is 2. The molecule has 0 heterocycles. The molecule has 4 atom stereocenters. The van der Waals surface area contributed by atoms with Crippen LogP contribution in [0.3, 0.4) is 0 Å². The number of nitrogens with one attached hydrogen (secondary N) is 1. The van der Waals surface area contributed by atoms with E-state index >= 15 is 0 Å². The third-order valence-corrected chi connectivity index (χ3v) is 5.46. The van der Waals surface area contributed by atoms with Gasteiger partial charge in [-0.15, -0.1) is 0 Å². The summed E-state index contributed by atoms with van der Waals surface area (Å²) >= 11 is 1.97. The smallest absolute Gasteiger partial charge is 0.00723 e. The Kier molecular flexibility index (Phi) is 5.68. The van der Waals surface area contributed by atoms with Crippen LogP contribution in [-0.4, -0.2) is 24.1 Å². The van der Waals surface area contributed by atoms with Gasteiger partial charge in [0.25, 0.3) is 0 Å². The Hall–Kier alpha value is 0.310. The average Bonchev–Trinajstić information content (AvgIpc) is 2.36.